The van der Waals surface area contributed by atoms with E-state index in [0.717, 1.165) is 57.4 Å². The topological polar surface area (TPSA) is 67.2 Å². The Morgan fingerprint density at radius 1 is 1.36 bits per heavy atom. The minimum atomic E-state index is 0. The Kier molecular flexibility index (Phi) is 9.96. The van der Waals surface area contributed by atoms with Crippen molar-refractivity contribution in [3.05, 3.63) is 18.0 Å². The van der Waals surface area contributed by atoms with Crippen molar-refractivity contribution in [2.24, 2.45) is 18.0 Å². The first kappa shape index (κ1) is 23.4. The Balaban J connectivity index is 0.00000280. The number of aryl methyl sites for hydroxylation is 1. The van der Waals surface area contributed by atoms with Gasteiger partial charge >= 0.3 is 0 Å². The fraction of sp³-hybridized carbons (Fsp3) is 0.789. The second-order valence-corrected chi connectivity index (χ2v) is 7.46. The molecule has 2 aliphatic heterocycles. The number of halogens is 1. The van der Waals surface area contributed by atoms with Crippen LogP contribution in [0.2, 0.25) is 0 Å². The van der Waals surface area contributed by atoms with E-state index in [4.69, 9.17) is 9.47 Å². The Bertz CT molecular complexity index is 603. The zero-order valence-corrected chi connectivity index (χ0v) is 19.7. The molecule has 8 nitrogen and oxygen atoms in total. The third-order valence-electron chi connectivity index (χ3n) is 5.54. The molecular weight excluding hydrogens is 471 g/mol. The lowest BCUT2D eigenvalue weighted by molar-refractivity contribution is -0.00813. The molecule has 160 valence electrons. The largest absolute Gasteiger partial charge is 0.383 e. The van der Waals surface area contributed by atoms with Crippen LogP contribution in [0.15, 0.2) is 17.4 Å². The van der Waals surface area contributed by atoms with Crippen LogP contribution in [0, 0.1) is 5.92 Å². The second-order valence-electron chi connectivity index (χ2n) is 7.46. The van der Waals surface area contributed by atoms with Gasteiger partial charge in [-0.05, 0) is 31.8 Å². The number of aliphatic imine (C=N–C) groups is 1. The van der Waals surface area contributed by atoms with Crippen LogP contribution in [0.25, 0.3) is 0 Å². The van der Waals surface area contributed by atoms with Gasteiger partial charge in [-0.15, -0.1) is 24.0 Å². The summed E-state index contributed by atoms with van der Waals surface area (Å²) in [5.74, 6) is 1.68. The van der Waals surface area contributed by atoms with Crippen LogP contribution in [0.3, 0.4) is 0 Å². The number of methoxy groups -OCH3 is 1. The van der Waals surface area contributed by atoms with Gasteiger partial charge in [0.25, 0.3) is 0 Å². The molecule has 28 heavy (non-hydrogen) atoms. The number of hydrogen-bond acceptors (Lipinski definition) is 5. The van der Waals surface area contributed by atoms with E-state index >= 15 is 0 Å². The van der Waals surface area contributed by atoms with Gasteiger partial charge in [-0.25, -0.2) is 0 Å². The van der Waals surface area contributed by atoms with E-state index in [2.05, 4.69) is 25.2 Å². The highest BCUT2D eigenvalue weighted by Gasteiger charge is 2.26. The highest BCUT2D eigenvalue weighted by atomic mass is 127. The van der Waals surface area contributed by atoms with E-state index in [-0.39, 0.29) is 30.1 Å². The van der Waals surface area contributed by atoms with E-state index in [1.807, 2.05) is 31.2 Å². The quantitative estimate of drug-likeness (QED) is 0.357. The van der Waals surface area contributed by atoms with Crippen molar-refractivity contribution in [1.29, 1.82) is 0 Å². The molecule has 0 spiro atoms. The summed E-state index contributed by atoms with van der Waals surface area (Å²) >= 11 is 0. The first-order valence-electron chi connectivity index (χ1n) is 9.96. The summed E-state index contributed by atoms with van der Waals surface area (Å²) in [5, 5.41) is 7.86. The van der Waals surface area contributed by atoms with Crippen LogP contribution < -0.4 is 5.32 Å². The number of hydrogen-bond donors (Lipinski definition) is 1. The van der Waals surface area contributed by atoms with E-state index < -0.39 is 0 Å². The summed E-state index contributed by atoms with van der Waals surface area (Å²) in [6, 6.07) is 0. The Hall–Kier alpha value is -0.910. The van der Waals surface area contributed by atoms with Crippen LogP contribution in [0.5, 0.6) is 0 Å². The highest BCUT2D eigenvalue weighted by Crippen LogP contribution is 2.22. The van der Waals surface area contributed by atoms with Crippen LogP contribution in [0.1, 0.15) is 24.5 Å². The van der Waals surface area contributed by atoms with Crippen molar-refractivity contribution in [3.8, 4) is 0 Å². The maximum absolute atomic E-state index is 5.95. The molecule has 1 atom stereocenters. The van der Waals surface area contributed by atoms with Crippen LogP contribution in [-0.2, 0) is 16.5 Å². The number of nitrogens with zero attached hydrogens (tertiary/aromatic N) is 5. The molecule has 1 aromatic heterocycles. The van der Waals surface area contributed by atoms with Crippen LogP contribution >= 0.6 is 24.0 Å². The van der Waals surface area contributed by atoms with Gasteiger partial charge in [-0.2, -0.15) is 5.10 Å². The average molecular weight is 506 g/mol. The molecule has 1 aromatic rings. The Morgan fingerprint density at radius 3 is 2.79 bits per heavy atom. The van der Waals surface area contributed by atoms with Gasteiger partial charge < -0.3 is 24.6 Å². The zero-order valence-electron chi connectivity index (χ0n) is 17.3. The zero-order chi connectivity index (χ0) is 19.1. The number of piperidine rings is 1. The van der Waals surface area contributed by atoms with Crippen LogP contribution in [-0.4, -0.2) is 92.2 Å². The predicted molar refractivity (Wildman–Crippen MR) is 121 cm³/mol. The summed E-state index contributed by atoms with van der Waals surface area (Å²) in [6.45, 7) is 7.56. The molecular formula is C19H35IN6O2. The molecule has 0 aromatic carbocycles. The van der Waals surface area contributed by atoms with Crippen molar-refractivity contribution in [3.63, 3.8) is 0 Å². The van der Waals surface area contributed by atoms with Crippen LogP contribution in [0.4, 0.5) is 0 Å². The van der Waals surface area contributed by atoms with Gasteiger partial charge in [-0.1, -0.05) is 0 Å². The first-order chi connectivity index (χ1) is 13.2. The summed E-state index contributed by atoms with van der Waals surface area (Å²) in [6.07, 6.45) is 6.43. The number of rotatable bonds is 6. The van der Waals surface area contributed by atoms with Gasteiger partial charge in [0.2, 0.25) is 0 Å². The third kappa shape index (κ3) is 6.57. The predicted octanol–water partition coefficient (Wildman–Crippen LogP) is 1.35. The third-order valence-corrected chi connectivity index (χ3v) is 5.54. The molecule has 0 bridgehead atoms. The SMILES string of the molecule is CN=C(NCC1CCN(CCOC)CC1)N1CCOC(c2cnn(C)c2)C1.I. The molecule has 9 heteroatoms. The van der Waals surface area contributed by atoms with Crippen molar-refractivity contribution < 1.29 is 9.47 Å². The average Bonchev–Trinajstić information content (AvgIpc) is 3.14. The molecule has 2 saturated heterocycles. The number of ether oxygens (including phenoxy) is 2. The number of likely N-dealkylation sites (tertiary alicyclic amines) is 1. The molecule has 0 radical (unpaired) electrons. The lowest BCUT2D eigenvalue weighted by Crippen LogP contribution is -2.49. The van der Waals surface area contributed by atoms with Crippen molar-refractivity contribution in [2.75, 3.05) is 66.6 Å². The smallest absolute Gasteiger partial charge is 0.193 e. The molecule has 1 N–H and O–H groups in total. The first-order valence-corrected chi connectivity index (χ1v) is 9.96. The summed E-state index contributed by atoms with van der Waals surface area (Å²) in [7, 11) is 5.57. The van der Waals surface area contributed by atoms with Gasteiger partial charge in [0.1, 0.15) is 6.10 Å². The Morgan fingerprint density at radius 2 is 2.14 bits per heavy atom. The van der Waals surface area contributed by atoms with Crippen molar-refractivity contribution in [2.45, 2.75) is 18.9 Å². The van der Waals surface area contributed by atoms with E-state index in [0.29, 0.717) is 12.5 Å². The summed E-state index contributed by atoms with van der Waals surface area (Å²) in [5.41, 5.74) is 1.13. The maximum Gasteiger partial charge on any atom is 0.193 e. The van der Waals surface area contributed by atoms with Gasteiger partial charge in [0, 0.05) is 52.6 Å². The summed E-state index contributed by atoms with van der Waals surface area (Å²) in [4.78, 5) is 9.31. The van der Waals surface area contributed by atoms with Gasteiger partial charge in [-0.3, -0.25) is 9.67 Å². The van der Waals surface area contributed by atoms with E-state index in [9.17, 15) is 0 Å². The lowest BCUT2D eigenvalue weighted by atomic mass is 9.97. The fourth-order valence-corrected chi connectivity index (χ4v) is 3.85. The number of nitrogens with one attached hydrogen (secondary N) is 1. The lowest BCUT2D eigenvalue weighted by Gasteiger charge is -2.36. The minimum absolute atomic E-state index is 0. The fourth-order valence-electron chi connectivity index (χ4n) is 3.85. The van der Waals surface area contributed by atoms with Gasteiger partial charge in [0.05, 0.1) is 26.0 Å². The molecule has 0 aliphatic carbocycles. The molecule has 2 aliphatic rings. The molecule has 3 rings (SSSR count). The minimum Gasteiger partial charge on any atom is -0.383 e. The van der Waals surface area contributed by atoms with E-state index in [1.54, 1.807) is 7.11 Å². The molecule has 0 amide bonds. The maximum atomic E-state index is 5.95. The Labute approximate surface area is 185 Å². The molecule has 2 fully saturated rings. The molecule has 3 heterocycles. The second kappa shape index (κ2) is 11.9. The summed E-state index contributed by atoms with van der Waals surface area (Å²) < 4.78 is 13.0. The highest BCUT2D eigenvalue weighted by molar-refractivity contribution is 14.0. The number of guanidine groups is 1. The molecule has 0 saturated carbocycles. The molecule has 1 unspecified atom stereocenters. The van der Waals surface area contributed by atoms with Crippen molar-refractivity contribution in [1.82, 2.24) is 24.9 Å². The number of morpholine rings is 1. The van der Waals surface area contributed by atoms with Crippen molar-refractivity contribution >= 4 is 29.9 Å². The van der Waals surface area contributed by atoms with E-state index in [1.165, 1.54) is 12.8 Å². The standard InChI is InChI=1S/C19H34N6O2.HI/c1-20-19(21-12-16-4-6-24(7-5-16)8-10-26-3)25-9-11-27-18(15-25)17-13-22-23(2)14-17;/h13-14,16,18H,4-12,15H2,1-3H3,(H,20,21);1H. The normalized spacial score (nSPS) is 22.2. The van der Waals surface area contributed by atoms with Gasteiger partial charge in [0.15, 0.2) is 5.96 Å². The number of aromatic nitrogens is 2. The monoisotopic (exact) mass is 506 g/mol.